The molecule has 0 radical (unpaired) electrons. The molecule has 1 fully saturated rings. The van der Waals surface area contributed by atoms with E-state index in [-0.39, 0.29) is 12.5 Å². The van der Waals surface area contributed by atoms with Gasteiger partial charge in [0.05, 0.1) is 6.61 Å². The summed E-state index contributed by atoms with van der Waals surface area (Å²) >= 11 is 0. The number of amides is 1. The van der Waals surface area contributed by atoms with Crippen molar-refractivity contribution in [2.75, 3.05) is 18.1 Å². The molecule has 0 bridgehead atoms. The van der Waals surface area contributed by atoms with Gasteiger partial charge in [-0.05, 0) is 39.0 Å². The fourth-order valence-electron chi connectivity index (χ4n) is 3.06. The molecule has 1 aliphatic rings. The van der Waals surface area contributed by atoms with Gasteiger partial charge in [0.2, 0.25) is 0 Å². The molecule has 0 saturated carbocycles. The molecule has 1 aromatic heterocycles. The number of aromatic hydroxyl groups is 1. The molecule has 8 heteroatoms. The molecule has 1 aliphatic heterocycles. The number of anilines is 1. The van der Waals surface area contributed by atoms with Crippen LogP contribution in [0.15, 0.2) is 24.4 Å². The van der Waals surface area contributed by atoms with E-state index in [1.165, 1.54) is 4.90 Å². The lowest BCUT2D eigenvalue weighted by Crippen LogP contribution is -2.55. The first-order chi connectivity index (χ1) is 12.6. The zero-order valence-electron chi connectivity index (χ0n) is 15.8. The van der Waals surface area contributed by atoms with Crippen LogP contribution in [0, 0.1) is 0 Å². The van der Waals surface area contributed by atoms with Crippen LogP contribution in [-0.4, -0.2) is 57.6 Å². The Hall–Kier alpha value is -2.58. The van der Waals surface area contributed by atoms with Crippen molar-refractivity contribution in [2.24, 2.45) is 7.05 Å². The lowest BCUT2D eigenvalue weighted by atomic mass is 10.1. The summed E-state index contributed by atoms with van der Waals surface area (Å²) in [6, 6.07) is 5.21. The Morgan fingerprint density at radius 1 is 1.37 bits per heavy atom. The minimum atomic E-state index is -1.70. The number of rotatable bonds is 3. The van der Waals surface area contributed by atoms with Gasteiger partial charge < -0.3 is 29.2 Å². The number of aliphatic hydroxyl groups is 1. The maximum atomic E-state index is 12.8. The van der Waals surface area contributed by atoms with E-state index in [0.717, 1.165) is 5.39 Å². The van der Waals surface area contributed by atoms with Gasteiger partial charge in [-0.1, -0.05) is 0 Å². The fraction of sp³-hybridized carbons (Fsp3) is 0.474. The average molecular weight is 376 g/mol. The summed E-state index contributed by atoms with van der Waals surface area (Å²) in [5, 5.41) is 21.7. The Morgan fingerprint density at radius 2 is 2.07 bits per heavy atom. The first-order valence-corrected chi connectivity index (χ1v) is 8.70. The molecule has 0 aliphatic carbocycles. The topological polar surface area (TPSA) is 101 Å². The molecule has 146 valence electrons. The second-order valence-electron chi connectivity index (χ2n) is 7.59. The van der Waals surface area contributed by atoms with Gasteiger partial charge in [-0.25, -0.2) is 4.79 Å². The van der Waals surface area contributed by atoms with E-state index >= 15 is 0 Å². The molecule has 27 heavy (non-hydrogen) atoms. The highest BCUT2D eigenvalue weighted by molar-refractivity contribution is 6.02. The van der Waals surface area contributed by atoms with E-state index in [0.29, 0.717) is 17.6 Å². The molecule has 0 spiro atoms. The molecule has 1 aromatic carbocycles. The Balaban J connectivity index is 1.83. The number of benzene rings is 1. The SMILES string of the molecule is Cn1cc2cc(N3CCO[C@H]([C@@H](O)C(=O)OC(C)(C)C)C3=O)ccc2c1O. The minimum Gasteiger partial charge on any atom is -0.494 e. The third kappa shape index (κ3) is 3.77. The van der Waals surface area contributed by atoms with Gasteiger partial charge >= 0.3 is 5.97 Å². The van der Waals surface area contributed by atoms with Gasteiger partial charge in [-0.3, -0.25) is 4.79 Å². The molecule has 0 unspecified atom stereocenters. The normalized spacial score (nSPS) is 19.4. The van der Waals surface area contributed by atoms with Crippen LogP contribution in [0.2, 0.25) is 0 Å². The van der Waals surface area contributed by atoms with Crippen molar-refractivity contribution in [3.05, 3.63) is 24.4 Å². The predicted octanol–water partition coefficient (Wildman–Crippen LogP) is 1.32. The highest BCUT2D eigenvalue weighted by atomic mass is 16.6. The van der Waals surface area contributed by atoms with Crippen LogP contribution in [-0.2, 0) is 26.1 Å². The van der Waals surface area contributed by atoms with Crippen LogP contribution in [0.1, 0.15) is 20.8 Å². The van der Waals surface area contributed by atoms with Crippen LogP contribution in [0.3, 0.4) is 0 Å². The van der Waals surface area contributed by atoms with Gasteiger partial charge in [0.25, 0.3) is 5.91 Å². The smallest absolute Gasteiger partial charge is 0.338 e. The standard InChI is InChI=1S/C19H24N2O6/c1-19(2,3)27-18(25)14(22)15-17(24)21(7-8-26-15)12-5-6-13-11(9-12)10-20(4)16(13)23/h5-6,9-10,14-15,22-23H,7-8H2,1-4H3/t14-,15-/m1/s1. The number of esters is 1. The Kier molecular flexibility index (Phi) is 4.88. The molecule has 2 heterocycles. The molecule has 2 atom stereocenters. The first-order valence-electron chi connectivity index (χ1n) is 8.70. The number of ether oxygens (including phenoxy) is 2. The monoisotopic (exact) mass is 376 g/mol. The molecule has 2 aromatic rings. The van der Waals surface area contributed by atoms with Crippen molar-refractivity contribution in [3.8, 4) is 5.88 Å². The van der Waals surface area contributed by atoms with Crippen LogP contribution in [0.5, 0.6) is 5.88 Å². The van der Waals surface area contributed by atoms with Crippen LogP contribution >= 0.6 is 0 Å². The van der Waals surface area contributed by atoms with Crippen molar-refractivity contribution in [3.63, 3.8) is 0 Å². The zero-order chi connectivity index (χ0) is 19.9. The first kappa shape index (κ1) is 19.2. The number of carbonyl (C=O) groups excluding carboxylic acids is 2. The second kappa shape index (κ2) is 6.86. The second-order valence-corrected chi connectivity index (χ2v) is 7.59. The highest BCUT2D eigenvalue weighted by Crippen LogP contribution is 2.31. The zero-order valence-corrected chi connectivity index (χ0v) is 15.8. The number of fused-ring (bicyclic) bond motifs is 1. The minimum absolute atomic E-state index is 0.142. The number of hydrogen-bond acceptors (Lipinski definition) is 6. The number of aliphatic hydroxyl groups excluding tert-OH is 1. The van der Waals surface area contributed by atoms with Gasteiger partial charge in [-0.15, -0.1) is 0 Å². The quantitative estimate of drug-likeness (QED) is 0.784. The molecular formula is C19H24N2O6. The summed E-state index contributed by atoms with van der Waals surface area (Å²) in [6.45, 7) is 5.50. The Bertz CT molecular complexity index is 882. The Morgan fingerprint density at radius 3 is 2.74 bits per heavy atom. The number of nitrogens with zero attached hydrogens (tertiary/aromatic N) is 2. The number of aromatic nitrogens is 1. The van der Waals surface area contributed by atoms with Crippen LogP contribution in [0.25, 0.3) is 10.8 Å². The third-order valence-corrected chi connectivity index (χ3v) is 4.31. The number of aryl methyl sites for hydroxylation is 1. The van der Waals surface area contributed by atoms with E-state index in [4.69, 9.17) is 9.47 Å². The van der Waals surface area contributed by atoms with Gasteiger partial charge in [-0.2, -0.15) is 0 Å². The summed E-state index contributed by atoms with van der Waals surface area (Å²) in [4.78, 5) is 26.4. The average Bonchev–Trinajstić information content (AvgIpc) is 2.87. The molecular weight excluding hydrogens is 352 g/mol. The van der Waals surface area contributed by atoms with Crippen LogP contribution < -0.4 is 4.90 Å². The van der Waals surface area contributed by atoms with E-state index < -0.39 is 29.7 Å². The lowest BCUT2D eigenvalue weighted by Gasteiger charge is -2.34. The maximum absolute atomic E-state index is 12.8. The summed E-state index contributed by atoms with van der Waals surface area (Å²) in [5.41, 5.74) is -0.182. The van der Waals surface area contributed by atoms with Gasteiger partial charge in [0.1, 0.15) is 5.60 Å². The highest BCUT2D eigenvalue weighted by Gasteiger charge is 2.41. The fourth-order valence-corrected chi connectivity index (χ4v) is 3.06. The van der Waals surface area contributed by atoms with E-state index in [1.807, 2.05) is 0 Å². The maximum Gasteiger partial charge on any atom is 0.338 e. The van der Waals surface area contributed by atoms with Gasteiger partial charge in [0.15, 0.2) is 18.1 Å². The van der Waals surface area contributed by atoms with E-state index in [9.17, 15) is 19.8 Å². The summed E-state index contributed by atoms with van der Waals surface area (Å²) < 4.78 is 12.1. The summed E-state index contributed by atoms with van der Waals surface area (Å²) in [5.74, 6) is -1.27. The third-order valence-electron chi connectivity index (χ3n) is 4.31. The van der Waals surface area contributed by atoms with Crippen LogP contribution in [0.4, 0.5) is 5.69 Å². The molecule has 2 N–H and O–H groups in total. The van der Waals surface area contributed by atoms with Crippen molar-refractivity contribution in [1.29, 1.82) is 0 Å². The lowest BCUT2D eigenvalue weighted by molar-refractivity contribution is -0.177. The Labute approximate surface area is 156 Å². The largest absolute Gasteiger partial charge is 0.494 e. The molecule has 8 nitrogen and oxygen atoms in total. The predicted molar refractivity (Wildman–Crippen MR) is 98.5 cm³/mol. The van der Waals surface area contributed by atoms with Crippen molar-refractivity contribution in [2.45, 2.75) is 38.6 Å². The van der Waals surface area contributed by atoms with Crippen molar-refractivity contribution in [1.82, 2.24) is 4.57 Å². The summed E-state index contributed by atoms with van der Waals surface area (Å²) in [7, 11) is 1.72. The molecule has 1 amide bonds. The molecule has 1 saturated heterocycles. The molecule has 3 rings (SSSR count). The van der Waals surface area contributed by atoms with E-state index in [2.05, 4.69) is 0 Å². The van der Waals surface area contributed by atoms with Crippen molar-refractivity contribution >= 4 is 28.3 Å². The number of morpholine rings is 1. The van der Waals surface area contributed by atoms with Crippen molar-refractivity contribution < 1.29 is 29.3 Å². The van der Waals surface area contributed by atoms with E-state index in [1.54, 1.807) is 56.8 Å². The number of hydrogen-bond donors (Lipinski definition) is 2. The summed E-state index contributed by atoms with van der Waals surface area (Å²) in [6.07, 6.45) is -1.27. The van der Waals surface area contributed by atoms with Gasteiger partial charge in [0, 0.05) is 36.2 Å². The number of carbonyl (C=O) groups is 2.